The minimum Gasteiger partial charge on any atom is -0.763 e. The molecule has 0 spiro atoms. The molecule has 1 aliphatic heterocycles. The lowest BCUT2D eigenvalue weighted by Gasteiger charge is -2.35. The zero-order valence-corrected chi connectivity index (χ0v) is 17.4. The van der Waals surface area contributed by atoms with Gasteiger partial charge in [0.2, 0.25) is 6.04 Å². The van der Waals surface area contributed by atoms with Crippen molar-refractivity contribution in [1.82, 2.24) is 4.90 Å². The van der Waals surface area contributed by atoms with Crippen molar-refractivity contribution in [2.24, 2.45) is 0 Å². The maximum absolute atomic E-state index is 13.6. The van der Waals surface area contributed by atoms with E-state index in [4.69, 9.17) is 11.6 Å². The van der Waals surface area contributed by atoms with Gasteiger partial charge in [0, 0.05) is 23.7 Å². The number of likely N-dealkylation sites (tertiary alicyclic amines) is 1. The van der Waals surface area contributed by atoms with Crippen LogP contribution in [0.4, 0.5) is 0 Å². The summed E-state index contributed by atoms with van der Waals surface area (Å²) < 4.78 is 1.76. The van der Waals surface area contributed by atoms with Crippen molar-refractivity contribution in [3.63, 3.8) is 0 Å². The SMILES string of the molecule is [N-]=C=C1C(=O)N(CCc2ccccc2)C(=O)[C@H]([n+]2ccccc2)[C@H]1c1ccc(Cl)cc1. The third-order valence-electron chi connectivity index (χ3n) is 5.50. The molecule has 1 aliphatic rings. The molecule has 154 valence electrons. The first-order valence-corrected chi connectivity index (χ1v) is 10.4. The monoisotopic (exact) mass is 429 g/mol. The summed E-state index contributed by atoms with van der Waals surface area (Å²) in [6.45, 7) is 0.212. The first kappa shape index (κ1) is 20.7. The van der Waals surface area contributed by atoms with E-state index < -0.39 is 17.9 Å². The van der Waals surface area contributed by atoms with Gasteiger partial charge in [-0.25, -0.2) is 0 Å². The first-order chi connectivity index (χ1) is 15.1. The minimum absolute atomic E-state index is 0.0522. The van der Waals surface area contributed by atoms with E-state index in [9.17, 15) is 15.0 Å². The Hall–Kier alpha value is -3.53. The fraction of sp³-hybridized carbons (Fsp3) is 0.160. The number of rotatable bonds is 5. The predicted octanol–water partition coefficient (Wildman–Crippen LogP) is 3.73. The summed E-state index contributed by atoms with van der Waals surface area (Å²) in [4.78, 5) is 28.0. The fourth-order valence-electron chi connectivity index (χ4n) is 3.97. The maximum atomic E-state index is 13.6. The zero-order valence-electron chi connectivity index (χ0n) is 16.7. The molecule has 0 unspecified atom stereocenters. The van der Waals surface area contributed by atoms with Crippen molar-refractivity contribution in [2.45, 2.75) is 18.4 Å². The molecule has 2 atom stereocenters. The number of carbonyl (C=O) groups is 2. The van der Waals surface area contributed by atoms with Crippen molar-refractivity contribution in [2.75, 3.05) is 6.54 Å². The number of hydrogen-bond donors (Lipinski definition) is 0. The molecule has 0 aliphatic carbocycles. The number of imide groups is 1. The zero-order chi connectivity index (χ0) is 21.8. The number of amides is 2. The maximum Gasteiger partial charge on any atom is 0.299 e. The van der Waals surface area contributed by atoms with E-state index in [1.54, 1.807) is 41.2 Å². The van der Waals surface area contributed by atoms with Crippen LogP contribution in [0.1, 0.15) is 23.1 Å². The second-order valence-electron chi connectivity index (χ2n) is 7.35. The van der Waals surface area contributed by atoms with Gasteiger partial charge in [0.15, 0.2) is 12.4 Å². The normalized spacial score (nSPS) is 18.7. The van der Waals surface area contributed by atoms with Gasteiger partial charge in [-0.05, 0) is 29.7 Å². The van der Waals surface area contributed by atoms with E-state index in [1.807, 2.05) is 48.5 Å². The highest BCUT2D eigenvalue weighted by molar-refractivity contribution is 6.30. The van der Waals surface area contributed by atoms with Crippen LogP contribution in [0, 0.1) is 0 Å². The van der Waals surface area contributed by atoms with Crippen LogP contribution < -0.4 is 4.57 Å². The summed E-state index contributed by atoms with van der Waals surface area (Å²) in [6.07, 6.45) is 4.09. The van der Waals surface area contributed by atoms with Crippen LogP contribution in [-0.2, 0) is 16.0 Å². The van der Waals surface area contributed by atoms with Gasteiger partial charge in [-0.3, -0.25) is 20.4 Å². The van der Waals surface area contributed by atoms with Crippen LogP contribution >= 0.6 is 11.6 Å². The molecular weight excluding hydrogens is 410 g/mol. The molecule has 5 nitrogen and oxygen atoms in total. The molecule has 2 aromatic carbocycles. The largest absolute Gasteiger partial charge is 0.763 e. The van der Waals surface area contributed by atoms with Crippen molar-refractivity contribution in [1.29, 1.82) is 0 Å². The molecule has 0 radical (unpaired) electrons. The number of halogens is 1. The molecule has 1 fully saturated rings. The van der Waals surface area contributed by atoms with Crippen molar-refractivity contribution in [3.05, 3.63) is 112 Å². The van der Waals surface area contributed by atoms with E-state index in [0.29, 0.717) is 17.0 Å². The standard InChI is InChI=1S/C25H20ClN3O2/c26-20-11-9-19(10-12-20)22-21(17-27)24(30)29(16-13-18-7-3-1-4-8-18)25(31)23(22)28-14-5-2-6-15-28/h1-12,14-15,22-23H,13,16H2/t22-,23+/m0/s1. The molecule has 2 heterocycles. The van der Waals surface area contributed by atoms with Gasteiger partial charge in [0.05, 0.1) is 11.5 Å². The van der Waals surface area contributed by atoms with E-state index in [-0.39, 0.29) is 18.0 Å². The summed E-state index contributed by atoms with van der Waals surface area (Å²) in [5, 5.41) is 10.5. The van der Waals surface area contributed by atoms with Crippen molar-refractivity contribution in [3.8, 4) is 0 Å². The highest BCUT2D eigenvalue weighted by Crippen LogP contribution is 2.38. The second-order valence-corrected chi connectivity index (χ2v) is 7.79. The number of pyridine rings is 1. The van der Waals surface area contributed by atoms with Gasteiger partial charge in [0.25, 0.3) is 11.8 Å². The van der Waals surface area contributed by atoms with Gasteiger partial charge in [-0.1, -0.05) is 60.1 Å². The molecule has 1 aromatic heterocycles. The molecule has 4 rings (SSSR count). The molecule has 0 N–H and O–H groups in total. The molecule has 0 bridgehead atoms. The van der Waals surface area contributed by atoms with Crippen LogP contribution in [0.15, 0.2) is 90.8 Å². The van der Waals surface area contributed by atoms with Crippen LogP contribution in [0.2, 0.25) is 5.02 Å². The smallest absolute Gasteiger partial charge is 0.299 e. The second kappa shape index (κ2) is 9.09. The lowest BCUT2D eigenvalue weighted by atomic mass is 9.80. The molecule has 31 heavy (non-hydrogen) atoms. The Labute approximate surface area is 185 Å². The van der Waals surface area contributed by atoms with Crippen molar-refractivity contribution >= 4 is 29.3 Å². The predicted molar refractivity (Wildman–Crippen MR) is 119 cm³/mol. The fourth-order valence-corrected chi connectivity index (χ4v) is 4.10. The lowest BCUT2D eigenvalue weighted by molar-refractivity contribution is -0.712. The minimum atomic E-state index is -0.745. The average Bonchev–Trinajstić information content (AvgIpc) is 2.80. The number of piperidine rings is 1. The summed E-state index contributed by atoms with van der Waals surface area (Å²) in [5.74, 6) is 0.546. The third kappa shape index (κ3) is 4.19. The summed E-state index contributed by atoms with van der Waals surface area (Å²) in [5.41, 5.74) is 1.77. The van der Waals surface area contributed by atoms with Gasteiger partial charge in [-0.15, -0.1) is 0 Å². The molecule has 0 saturated carbocycles. The Kier molecular flexibility index (Phi) is 6.08. The quantitative estimate of drug-likeness (QED) is 0.268. The third-order valence-corrected chi connectivity index (χ3v) is 5.75. The lowest BCUT2D eigenvalue weighted by Crippen LogP contribution is -2.58. The summed E-state index contributed by atoms with van der Waals surface area (Å²) >= 11 is 6.04. The van der Waals surface area contributed by atoms with Crippen LogP contribution in [0.25, 0.3) is 5.41 Å². The first-order valence-electron chi connectivity index (χ1n) is 9.98. The molecule has 3 aromatic rings. The van der Waals surface area contributed by atoms with Crippen LogP contribution in [0.3, 0.4) is 0 Å². The van der Waals surface area contributed by atoms with Crippen LogP contribution in [0.5, 0.6) is 0 Å². The van der Waals surface area contributed by atoms with Crippen LogP contribution in [-0.4, -0.2) is 29.1 Å². The van der Waals surface area contributed by atoms with Gasteiger partial charge in [-0.2, -0.15) is 4.57 Å². The highest BCUT2D eigenvalue weighted by Gasteiger charge is 2.50. The number of aromatic nitrogens is 1. The van der Waals surface area contributed by atoms with E-state index in [0.717, 1.165) is 5.56 Å². The highest BCUT2D eigenvalue weighted by atomic mass is 35.5. The Morgan fingerprint density at radius 1 is 0.935 bits per heavy atom. The average molecular weight is 430 g/mol. The van der Waals surface area contributed by atoms with Crippen molar-refractivity contribution < 1.29 is 14.2 Å². The van der Waals surface area contributed by atoms with Gasteiger partial charge < -0.3 is 5.41 Å². The molecule has 2 amide bonds. The van der Waals surface area contributed by atoms with E-state index in [1.165, 1.54) is 4.90 Å². The topological polar surface area (TPSA) is 63.6 Å². The van der Waals surface area contributed by atoms with Gasteiger partial charge in [0.1, 0.15) is 0 Å². The summed E-state index contributed by atoms with van der Waals surface area (Å²) in [7, 11) is 0. The molecule has 6 heteroatoms. The van der Waals surface area contributed by atoms with E-state index >= 15 is 0 Å². The van der Waals surface area contributed by atoms with Gasteiger partial charge >= 0.3 is 0 Å². The summed E-state index contributed by atoms with van der Waals surface area (Å²) in [6, 6.07) is 21.4. The number of hydrogen-bond acceptors (Lipinski definition) is 2. The Balaban J connectivity index is 1.76. The molecular formula is C25H20ClN3O2. The Morgan fingerprint density at radius 2 is 1.58 bits per heavy atom. The number of carbonyl (C=O) groups excluding carboxylic acids is 2. The number of benzene rings is 2. The number of nitrogens with zero attached hydrogens (tertiary/aromatic N) is 3. The Bertz CT molecular complexity index is 1140. The molecule has 1 saturated heterocycles. The Morgan fingerprint density at radius 3 is 2.23 bits per heavy atom. The van der Waals surface area contributed by atoms with E-state index in [2.05, 4.69) is 5.87 Å².